The third kappa shape index (κ3) is 4.66. The highest BCUT2D eigenvalue weighted by Gasteiger charge is 2.21. The zero-order valence-corrected chi connectivity index (χ0v) is 18.5. The number of anilines is 1. The molecule has 0 atom stereocenters. The number of nitrogens with zero attached hydrogens (tertiary/aromatic N) is 1. The topological polar surface area (TPSA) is 113 Å². The number of nitro benzene ring substituents is 1. The number of carbonyl (C=O) groups excluding carboxylic acids is 1. The molecule has 168 valence electrons. The molecule has 0 unspecified atom stereocenters. The standard InChI is InChI=1S/C23H24N2O7/c1-13-8-19(32-14(13)2)17-7-6-16(12-18(17)25(27)28)24-22(26)11-15-9-20(29-3)23(31-5)21(10-15)30-4/h6-10,12H,11H2,1-5H3,(H,24,26). The van der Waals surface area contributed by atoms with Gasteiger partial charge in [0.1, 0.15) is 11.5 Å². The van der Waals surface area contributed by atoms with Crippen molar-refractivity contribution >= 4 is 17.3 Å². The minimum absolute atomic E-state index is 0.00281. The fourth-order valence-corrected chi connectivity index (χ4v) is 3.30. The fourth-order valence-electron chi connectivity index (χ4n) is 3.30. The predicted molar refractivity (Wildman–Crippen MR) is 119 cm³/mol. The SMILES string of the molecule is COc1cc(CC(=O)Nc2ccc(-c3cc(C)c(C)o3)c([N+](=O)[O-])c2)cc(OC)c1OC. The molecule has 32 heavy (non-hydrogen) atoms. The third-order valence-electron chi connectivity index (χ3n) is 5.00. The number of benzene rings is 2. The van der Waals surface area contributed by atoms with E-state index in [9.17, 15) is 14.9 Å². The smallest absolute Gasteiger partial charge is 0.282 e. The van der Waals surface area contributed by atoms with Crippen LogP contribution in [0.5, 0.6) is 17.2 Å². The quantitative estimate of drug-likeness (QED) is 0.400. The number of rotatable bonds is 8. The number of hydrogen-bond donors (Lipinski definition) is 1. The van der Waals surface area contributed by atoms with E-state index in [1.165, 1.54) is 27.4 Å². The van der Waals surface area contributed by atoms with Crippen molar-refractivity contribution in [1.29, 1.82) is 0 Å². The minimum atomic E-state index is -0.503. The van der Waals surface area contributed by atoms with Gasteiger partial charge in [0.15, 0.2) is 11.5 Å². The van der Waals surface area contributed by atoms with Gasteiger partial charge in [-0.3, -0.25) is 14.9 Å². The molecular weight excluding hydrogens is 416 g/mol. The van der Waals surface area contributed by atoms with Crippen LogP contribution in [0.3, 0.4) is 0 Å². The van der Waals surface area contributed by atoms with Crippen LogP contribution < -0.4 is 19.5 Å². The van der Waals surface area contributed by atoms with E-state index >= 15 is 0 Å². The van der Waals surface area contributed by atoms with Gasteiger partial charge in [-0.15, -0.1) is 0 Å². The molecule has 3 aromatic rings. The van der Waals surface area contributed by atoms with E-state index in [-0.39, 0.29) is 18.0 Å². The van der Waals surface area contributed by atoms with E-state index < -0.39 is 4.92 Å². The normalized spacial score (nSPS) is 10.5. The third-order valence-corrected chi connectivity index (χ3v) is 5.00. The molecule has 1 heterocycles. The summed E-state index contributed by atoms with van der Waals surface area (Å²) < 4.78 is 21.5. The molecule has 0 aliphatic rings. The van der Waals surface area contributed by atoms with Crippen molar-refractivity contribution in [3.8, 4) is 28.6 Å². The summed E-state index contributed by atoms with van der Waals surface area (Å²) in [7, 11) is 4.47. The van der Waals surface area contributed by atoms with Gasteiger partial charge in [-0.2, -0.15) is 0 Å². The van der Waals surface area contributed by atoms with Crippen LogP contribution in [0, 0.1) is 24.0 Å². The highest BCUT2D eigenvalue weighted by atomic mass is 16.6. The van der Waals surface area contributed by atoms with Gasteiger partial charge in [-0.1, -0.05) is 0 Å². The Morgan fingerprint density at radius 1 is 1.03 bits per heavy atom. The maximum atomic E-state index is 12.6. The molecular formula is C23H24N2O7. The summed E-state index contributed by atoms with van der Waals surface area (Å²) in [6.45, 7) is 3.66. The Labute approximate surface area is 185 Å². The molecule has 0 aliphatic heterocycles. The van der Waals surface area contributed by atoms with Crippen LogP contribution >= 0.6 is 0 Å². The van der Waals surface area contributed by atoms with Crippen molar-refractivity contribution in [2.45, 2.75) is 20.3 Å². The van der Waals surface area contributed by atoms with Gasteiger partial charge in [-0.25, -0.2) is 0 Å². The Hall–Kier alpha value is -4.01. The molecule has 2 aromatic carbocycles. The number of ether oxygens (including phenoxy) is 3. The molecule has 9 nitrogen and oxygen atoms in total. The monoisotopic (exact) mass is 440 g/mol. The number of nitrogens with one attached hydrogen (secondary N) is 1. The van der Waals surface area contributed by atoms with Crippen molar-refractivity contribution < 1.29 is 28.3 Å². The minimum Gasteiger partial charge on any atom is -0.493 e. The molecule has 1 aromatic heterocycles. The molecule has 0 saturated carbocycles. The van der Waals surface area contributed by atoms with E-state index in [1.807, 2.05) is 6.92 Å². The van der Waals surface area contributed by atoms with Crippen LogP contribution in [0.4, 0.5) is 11.4 Å². The first-order valence-corrected chi connectivity index (χ1v) is 9.72. The summed E-state index contributed by atoms with van der Waals surface area (Å²) in [5.41, 5.74) is 2.01. The summed E-state index contributed by atoms with van der Waals surface area (Å²) in [4.78, 5) is 23.7. The molecule has 0 fully saturated rings. The first-order valence-electron chi connectivity index (χ1n) is 9.72. The maximum absolute atomic E-state index is 12.6. The highest BCUT2D eigenvalue weighted by Crippen LogP contribution is 2.38. The molecule has 9 heteroatoms. The lowest BCUT2D eigenvalue weighted by atomic mass is 10.1. The van der Waals surface area contributed by atoms with E-state index in [2.05, 4.69) is 5.32 Å². The van der Waals surface area contributed by atoms with Crippen LogP contribution in [0.1, 0.15) is 16.9 Å². The molecule has 0 saturated heterocycles. The van der Waals surface area contributed by atoms with Crippen molar-refractivity contribution in [3.63, 3.8) is 0 Å². The summed E-state index contributed by atoms with van der Waals surface area (Å²) in [6, 6.07) is 9.57. The fraction of sp³-hybridized carbons (Fsp3) is 0.261. The molecule has 1 amide bonds. The molecule has 3 rings (SSSR count). The number of hydrogen-bond acceptors (Lipinski definition) is 7. The van der Waals surface area contributed by atoms with Crippen molar-refractivity contribution in [2.75, 3.05) is 26.6 Å². The van der Waals surface area contributed by atoms with Crippen molar-refractivity contribution in [1.82, 2.24) is 0 Å². The van der Waals surface area contributed by atoms with Crippen LogP contribution in [0.15, 0.2) is 40.8 Å². The molecule has 0 radical (unpaired) electrons. The zero-order chi connectivity index (χ0) is 23.4. The van der Waals surface area contributed by atoms with Gasteiger partial charge < -0.3 is 23.9 Å². The second-order valence-electron chi connectivity index (χ2n) is 7.10. The van der Waals surface area contributed by atoms with Crippen LogP contribution in [-0.4, -0.2) is 32.2 Å². The Morgan fingerprint density at radius 3 is 2.19 bits per heavy atom. The number of methoxy groups -OCH3 is 3. The number of carbonyl (C=O) groups is 1. The second-order valence-corrected chi connectivity index (χ2v) is 7.10. The Morgan fingerprint density at radius 2 is 1.69 bits per heavy atom. The van der Waals surface area contributed by atoms with Crippen molar-refractivity contribution in [3.05, 3.63) is 63.4 Å². The number of aryl methyl sites for hydroxylation is 2. The summed E-state index contributed by atoms with van der Waals surface area (Å²) in [6.07, 6.45) is 0.00281. The van der Waals surface area contributed by atoms with Gasteiger partial charge >= 0.3 is 0 Å². The van der Waals surface area contributed by atoms with Gasteiger partial charge in [0.2, 0.25) is 11.7 Å². The molecule has 0 bridgehead atoms. The number of furan rings is 1. The van der Waals surface area contributed by atoms with E-state index in [0.717, 1.165) is 5.56 Å². The second kappa shape index (κ2) is 9.42. The highest BCUT2D eigenvalue weighted by molar-refractivity contribution is 5.93. The Kier molecular flexibility index (Phi) is 6.67. The predicted octanol–water partition coefficient (Wildman–Crippen LogP) is 4.68. The first kappa shape index (κ1) is 22.7. The molecule has 1 N–H and O–H groups in total. The van der Waals surface area contributed by atoms with Crippen LogP contribution in [0.25, 0.3) is 11.3 Å². The van der Waals surface area contributed by atoms with Gasteiger partial charge in [0.05, 0.1) is 38.2 Å². The zero-order valence-electron chi connectivity index (χ0n) is 18.5. The van der Waals surface area contributed by atoms with Gasteiger partial charge in [0.25, 0.3) is 5.69 Å². The van der Waals surface area contributed by atoms with E-state index in [0.29, 0.717) is 45.6 Å². The lowest BCUT2D eigenvalue weighted by molar-refractivity contribution is -0.384. The lowest BCUT2D eigenvalue weighted by Gasteiger charge is -2.14. The Balaban J connectivity index is 1.84. The van der Waals surface area contributed by atoms with E-state index in [1.54, 1.807) is 37.3 Å². The van der Waals surface area contributed by atoms with Crippen LogP contribution in [0.2, 0.25) is 0 Å². The maximum Gasteiger partial charge on any atom is 0.282 e. The first-order chi connectivity index (χ1) is 15.3. The summed E-state index contributed by atoms with van der Waals surface area (Å²) in [5, 5.41) is 14.3. The van der Waals surface area contributed by atoms with E-state index in [4.69, 9.17) is 18.6 Å². The Bertz CT molecular complexity index is 1120. The number of nitro groups is 1. The van der Waals surface area contributed by atoms with Crippen LogP contribution in [-0.2, 0) is 11.2 Å². The molecule has 0 aliphatic carbocycles. The average molecular weight is 440 g/mol. The van der Waals surface area contributed by atoms with Gasteiger partial charge in [-0.05, 0) is 55.3 Å². The summed E-state index contributed by atoms with van der Waals surface area (Å²) in [5.74, 6) is 2.02. The molecule has 0 spiro atoms. The summed E-state index contributed by atoms with van der Waals surface area (Å²) >= 11 is 0. The van der Waals surface area contributed by atoms with Crippen molar-refractivity contribution in [2.24, 2.45) is 0 Å². The largest absolute Gasteiger partial charge is 0.493 e. The average Bonchev–Trinajstić information content (AvgIpc) is 3.10. The van der Waals surface area contributed by atoms with Gasteiger partial charge in [0, 0.05) is 11.8 Å². The lowest BCUT2D eigenvalue weighted by Crippen LogP contribution is -2.15. The number of amides is 1.